The number of furan rings is 1. The highest BCUT2D eigenvalue weighted by Gasteiger charge is 2.09. The number of non-ortho nitro benzene ring substituents is 1. The average Bonchev–Trinajstić information content (AvgIpc) is 2.96. The van der Waals surface area contributed by atoms with Crippen LogP contribution < -0.4 is 10.6 Å². The van der Waals surface area contributed by atoms with E-state index in [0.29, 0.717) is 12.2 Å². The average molecular weight is 275 g/mol. The quantitative estimate of drug-likeness (QED) is 0.596. The first-order valence-electron chi connectivity index (χ1n) is 6.47. The number of nitro benzene ring substituents is 1. The van der Waals surface area contributed by atoms with Gasteiger partial charge >= 0.3 is 0 Å². The number of hydrogen-bond donors (Lipinski definition) is 2. The van der Waals surface area contributed by atoms with E-state index < -0.39 is 0 Å². The maximum atomic E-state index is 10.9. The van der Waals surface area contributed by atoms with E-state index in [2.05, 4.69) is 10.6 Å². The lowest BCUT2D eigenvalue weighted by Crippen LogP contribution is -2.03. The molecular weight excluding hydrogens is 258 g/mol. The maximum absolute atomic E-state index is 10.9. The molecule has 0 fully saturated rings. The normalized spacial score (nSPS) is 10.2. The predicted molar refractivity (Wildman–Crippen MR) is 77.9 cm³/mol. The zero-order valence-electron chi connectivity index (χ0n) is 11.3. The molecule has 0 bridgehead atoms. The molecule has 2 N–H and O–H groups in total. The summed E-state index contributed by atoms with van der Waals surface area (Å²) >= 11 is 0. The van der Waals surface area contributed by atoms with Crippen LogP contribution in [-0.2, 0) is 6.54 Å². The van der Waals surface area contributed by atoms with E-state index in [1.54, 1.807) is 18.6 Å². The fourth-order valence-electron chi connectivity index (χ4n) is 1.79. The zero-order valence-corrected chi connectivity index (χ0v) is 11.3. The molecule has 6 heteroatoms. The first kappa shape index (κ1) is 13.9. The van der Waals surface area contributed by atoms with Gasteiger partial charge < -0.3 is 15.1 Å². The molecule has 0 aliphatic carbocycles. The summed E-state index contributed by atoms with van der Waals surface area (Å²) in [5, 5.41) is 17.3. The van der Waals surface area contributed by atoms with Crippen molar-refractivity contribution < 1.29 is 9.34 Å². The number of rotatable bonds is 7. The summed E-state index contributed by atoms with van der Waals surface area (Å²) in [6.07, 6.45) is 4.19. The van der Waals surface area contributed by atoms with Gasteiger partial charge in [-0.1, -0.05) is 6.92 Å². The molecule has 0 amide bonds. The van der Waals surface area contributed by atoms with Crippen molar-refractivity contribution in [3.63, 3.8) is 0 Å². The van der Waals surface area contributed by atoms with Crippen LogP contribution >= 0.6 is 0 Å². The van der Waals surface area contributed by atoms with Gasteiger partial charge in [0.1, 0.15) is 0 Å². The first-order chi connectivity index (χ1) is 9.69. The van der Waals surface area contributed by atoms with Gasteiger partial charge in [0.2, 0.25) is 0 Å². The third kappa shape index (κ3) is 3.74. The molecule has 1 aromatic carbocycles. The van der Waals surface area contributed by atoms with Gasteiger partial charge in [0.15, 0.2) is 0 Å². The van der Waals surface area contributed by atoms with Crippen LogP contribution in [0, 0.1) is 10.1 Å². The molecule has 1 aromatic heterocycles. The smallest absolute Gasteiger partial charge is 0.273 e. The Hall–Kier alpha value is -2.50. The summed E-state index contributed by atoms with van der Waals surface area (Å²) in [4.78, 5) is 10.6. The lowest BCUT2D eigenvalue weighted by Gasteiger charge is -2.09. The number of hydrogen-bond acceptors (Lipinski definition) is 5. The lowest BCUT2D eigenvalue weighted by atomic mass is 10.2. The third-order valence-corrected chi connectivity index (χ3v) is 2.78. The Kier molecular flexibility index (Phi) is 4.60. The van der Waals surface area contributed by atoms with Gasteiger partial charge in [0, 0.05) is 42.2 Å². The molecule has 0 aliphatic heterocycles. The summed E-state index contributed by atoms with van der Waals surface area (Å²) in [5.74, 6) is 0. The molecule has 0 spiro atoms. The SMILES string of the molecule is CCCNc1cc(NCc2ccoc2)cc([N+](=O)[O-])c1. The topological polar surface area (TPSA) is 80.3 Å². The minimum absolute atomic E-state index is 0.0702. The Bertz CT molecular complexity index is 567. The highest BCUT2D eigenvalue weighted by atomic mass is 16.6. The van der Waals surface area contributed by atoms with E-state index in [1.165, 1.54) is 6.07 Å². The van der Waals surface area contributed by atoms with E-state index >= 15 is 0 Å². The minimum atomic E-state index is -0.389. The molecular formula is C14H17N3O3. The van der Waals surface area contributed by atoms with Crippen molar-refractivity contribution in [3.8, 4) is 0 Å². The predicted octanol–water partition coefficient (Wildman–Crippen LogP) is 3.62. The van der Waals surface area contributed by atoms with Crippen LogP contribution in [0.3, 0.4) is 0 Å². The van der Waals surface area contributed by atoms with E-state index in [1.807, 2.05) is 19.1 Å². The van der Waals surface area contributed by atoms with E-state index in [0.717, 1.165) is 24.2 Å². The minimum Gasteiger partial charge on any atom is -0.472 e. The van der Waals surface area contributed by atoms with Crippen LogP contribution in [-0.4, -0.2) is 11.5 Å². The van der Waals surface area contributed by atoms with Crippen LogP contribution in [0.25, 0.3) is 0 Å². The van der Waals surface area contributed by atoms with Gasteiger partial charge in [-0.15, -0.1) is 0 Å². The monoisotopic (exact) mass is 275 g/mol. The molecule has 2 aromatic rings. The van der Waals surface area contributed by atoms with Crippen molar-refractivity contribution in [1.29, 1.82) is 0 Å². The third-order valence-electron chi connectivity index (χ3n) is 2.78. The second kappa shape index (κ2) is 6.60. The van der Waals surface area contributed by atoms with Gasteiger partial charge in [-0.25, -0.2) is 0 Å². The highest BCUT2D eigenvalue weighted by Crippen LogP contribution is 2.24. The summed E-state index contributed by atoms with van der Waals surface area (Å²) in [5.41, 5.74) is 2.51. The number of nitro groups is 1. The molecule has 0 radical (unpaired) electrons. The van der Waals surface area contributed by atoms with E-state index in [-0.39, 0.29) is 10.6 Å². The molecule has 0 saturated carbocycles. The zero-order chi connectivity index (χ0) is 14.4. The largest absolute Gasteiger partial charge is 0.472 e. The van der Waals surface area contributed by atoms with Crippen molar-refractivity contribution in [2.75, 3.05) is 17.2 Å². The molecule has 6 nitrogen and oxygen atoms in total. The Morgan fingerprint density at radius 1 is 1.25 bits per heavy atom. The summed E-state index contributed by atoms with van der Waals surface area (Å²) in [6, 6.07) is 6.78. The van der Waals surface area contributed by atoms with Crippen LogP contribution in [0.15, 0.2) is 41.2 Å². The van der Waals surface area contributed by atoms with Crippen molar-refractivity contribution in [3.05, 3.63) is 52.5 Å². The van der Waals surface area contributed by atoms with Gasteiger partial charge in [0.25, 0.3) is 5.69 Å². The van der Waals surface area contributed by atoms with E-state index in [9.17, 15) is 10.1 Å². The Balaban J connectivity index is 2.13. The highest BCUT2D eigenvalue weighted by molar-refractivity contribution is 5.63. The fourth-order valence-corrected chi connectivity index (χ4v) is 1.79. The molecule has 0 aliphatic rings. The van der Waals surface area contributed by atoms with Gasteiger partial charge in [-0.3, -0.25) is 10.1 Å². The number of anilines is 2. The van der Waals surface area contributed by atoms with Gasteiger partial charge in [0.05, 0.1) is 17.4 Å². The van der Waals surface area contributed by atoms with Crippen molar-refractivity contribution in [1.82, 2.24) is 0 Å². The second-order valence-corrected chi connectivity index (χ2v) is 4.44. The summed E-state index contributed by atoms with van der Waals surface area (Å²) < 4.78 is 4.98. The molecule has 0 unspecified atom stereocenters. The molecule has 2 rings (SSSR count). The van der Waals surface area contributed by atoms with Crippen molar-refractivity contribution in [2.45, 2.75) is 19.9 Å². The molecule has 106 valence electrons. The molecule has 20 heavy (non-hydrogen) atoms. The molecule has 0 atom stereocenters. The first-order valence-corrected chi connectivity index (χ1v) is 6.47. The standard InChI is InChI=1S/C14H17N3O3/c1-2-4-15-12-6-13(8-14(7-12)17(18)19)16-9-11-3-5-20-10-11/h3,5-8,10,15-16H,2,4,9H2,1H3. The van der Waals surface area contributed by atoms with Gasteiger partial charge in [-0.05, 0) is 18.6 Å². The maximum Gasteiger partial charge on any atom is 0.273 e. The van der Waals surface area contributed by atoms with Crippen LogP contribution in [0.1, 0.15) is 18.9 Å². The van der Waals surface area contributed by atoms with Crippen LogP contribution in [0.5, 0.6) is 0 Å². The molecule has 0 saturated heterocycles. The van der Waals surface area contributed by atoms with E-state index in [4.69, 9.17) is 4.42 Å². The number of nitrogens with zero attached hydrogens (tertiary/aromatic N) is 1. The lowest BCUT2D eigenvalue weighted by molar-refractivity contribution is -0.384. The number of nitrogens with one attached hydrogen (secondary N) is 2. The van der Waals surface area contributed by atoms with Gasteiger partial charge in [-0.2, -0.15) is 0 Å². The Labute approximate surface area is 116 Å². The Morgan fingerprint density at radius 2 is 2.00 bits per heavy atom. The van der Waals surface area contributed by atoms with Crippen molar-refractivity contribution >= 4 is 17.1 Å². The second-order valence-electron chi connectivity index (χ2n) is 4.44. The Morgan fingerprint density at radius 3 is 2.60 bits per heavy atom. The summed E-state index contributed by atoms with van der Waals surface area (Å²) in [7, 11) is 0. The van der Waals surface area contributed by atoms with Crippen LogP contribution in [0.2, 0.25) is 0 Å². The number of benzene rings is 1. The van der Waals surface area contributed by atoms with Crippen LogP contribution in [0.4, 0.5) is 17.1 Å². The summed E-state index contributed by atoms with van der Waals surface area (Å²) in [6.45, 7) is 3.38. The van der Waals surface area contributed by atoms with Crippen molar-refractivity contribution in [2.24, 2.45) is 0 Å². The fraction of sp³-hybridized carbons (Fsp3) is 0.286. The molecule has 1 heterocycles.